The van der Waals surface area contributed by atoms with Gasteiger partial charge in [0.25, 0.3) is 0 Å². The number of fused-ring (bicyclic) bond motifs is 1. The quantitative estimate of drug-likeness (QED) is 0.822. The Morgan fingerprint density at radius 2 is 2.29 bits per heavy atom. The van der Waals surface area contributed by atoms with Gasteiger partial charge >= 0.3 is 6.09 Å². The molecule has 1 N–H and O–H groups in total. The van der Waals surface area contributed by atoms with E-state index in [1.807, 2.05) is 0 Å². The summed E-state index contributed by atoms with van der Waals surface area (Å²) in [7, 11) is 1.42. The van der Waals surface area contributed by atoms with Crippen LogP contribution in [0.3, 0.4) is 0 Å². The summed E-state index contributed by atoms with van der Waals surface area (Å²) in [6, 6.07) is 2.35. The zero-order valence-electron chi connectivity index (χ0n) is 9.13. The predicted octanol–water partition coefficient (Wildman–Crippen LogP) is 2.14. The molecule has 2 rings (SSSR count). The van der Waals surface area contributed by atoms with E-state index in [9.17, 15) is 13.6 Å². The van der Waals surface area contributed by atoms with Crippen molar-refractivity contribution in [3.8, 4) is 5.75 Å². The van der Waals surface area contributed by atoms with Gasteiger partial charge in [-0.2, -0.15) is 4.39 Å². The van der Waals surface area contributed by atoms with Crippen molar-refractivity contribution in [3.05, 3.63) is 29.3 Å². The normalized spacial score (nSPS) is 17.9. The molecule has 0 aromatic heterocycles. The Morgan fingerprint density at radius 3 is 3.00 bits per heavy atom. The fraction of sp³-hybridized carbons (Fsp3) is 0.364. The Labute approximate surface area is 96.5 Å². The van der Waals surface area contributed by atoms with Gasteiger partial charge in [0.1, 0.15) is 6.10 Å². The standard InChI is InChI=1S/C11H11F2NO3/c1-14-11(15)17-8-4-5-16-10-6(8)2-3-7(12)9(10)13/h2-3,8H,4-5H2,1H3,(H,14,15)/t8-/m1/s1. The fourth-order valence-corrected chi connectivity index (χ4v) is 1.68. The van der Waals surface area contributed by atoms with E-state index >= 15 is 0 Å². The summed E-state index contributed by atoms with van der Waals surface area (Å²) in [6.07, 6.45) is -0.827. The van der Waals surface area contributed by atoms with Crippen LogP contribution in [-0.2, 0) is 4.74 Å². The number of ether oxygens (including phenoxy) is 2. The highest BCUT2D eigenvalue weighted by molar-refractivity contribution is 5.67. The molecule has 0 radical (unpaired) electrons. The number of carbonyl (C=O) groups is 1. The molecule has 1 aliphatic heterocycles. The van der Waals surface area contributed by atoms with Crippen LogP contribution in [0.15, 0.2) is 12.1 Å². The van der Waals surface area contributed by atoms with Crippen LogP contribution >= 0.6 is 0 Å². The van der Waals surface area contributed by atoms with Crippen LogP contribution in [0.1, 0.15) is 18.1 Å². The second-order valence-electron chi connectivity index (χ2n) is 3.56. The van der Waals surface area contributed by atoms with Gasteiger partial charge in [-0.15, -0.1) is 0 Å². The first-order chi connectivity index (χ1) is 8.13. The lowest BCUT2D eigenvalue weighted by Gasteiger charge is -2.25. The van der Waals surface area contributed by atoms with Crippen LogP contribution in [0, 0.1) is 11.6 Å². The highest BCUT2D eigenvalue weighted by Crippen LogP contribution is 2.37. The summed E-state index contributed by atoms with van der Waals surface area (Å²) >= 11 is 0. The van der Waals surface area contributed by atoms with E-state index in [1.54, 1.807) is 0 Å². The van der Waals surface area contributed by atoms with Crippen molar-refractivity contribution in [2.45, 2.75) is 12.5 Å². The van der Waals surface area contributed by atoms with Crippen molar-refractivity contribution in [2.24, 2.45) is 0 Å². The minimum Gasteiger partial charge on any atom is -0.490 e. The maximum Gasteiger partial charge on any atom is 0.407 e. The topological polar surface area (TPSA) is 47.6 Å². The molecule has 1 aliphatic rings. The van der Waals surface area contributed by atoms with Gasteiger partial charge in [0.05, 0.1) is 6.61 Å². The zero-order valence-corrected chi connectivity index (χ0v) is 9.13. The molecular formula is C11H11F2NO3. The van der Waals surface area contributed by atoms with E-state index in [-0.39, 0.29) is 12.4 Å². The first kappa shape index (κ1) is 11.6. The molecule has 0 bridgehead atoms. The number of halogens is 2. The number of nitrogens with one attached hydrogen (secondary N) is 1. The maximum absolute atomic E-state index is 13.4. The number of benzene rings is 1. The second kappa shape index (κ2) is 4.57. The Morgan fingerprint density at radius 1 is 1.53 bits per heavy atom. The first-order valence-electron chi connectivity index (χ1n) is 5.12. The van der Waals surface area contributed by atoms with Gasteiger partial charge in [0, 0.05) is 19.0 Å². The lowest BCUT2D eigenvalue weighted by Crippen LogP contribution is -2.25. The van der Waals surface area contributed by atoms with E-state index in [0.717, 1.165) is 6.07 Å². The molecule has 0 fully saturated rings. The van der Waals surface area contributed by atoms with Crippen molar-refractivity contribution in [3.63, 3.8) is 0 Å². The monoisotopic (exact) mass is 243 g/mol. The molecule has 1 aromatic rings. The molecule has 6 heteroatoms. The number of carbonyl (C=O) groups excluding carboxylic acids is 1. The SMILES string of the molecule is CNC(=O)O[C@@H]1CCOc2c1ccc(F)c2F. The van der Waals surface area contributed by atoms with Gasteiger partial charge in [-0.1, -0.05) is 0 Å². The van der Waals surface area contributed by atoms with Gasteiger partial charge < -0.3 is 14.8 Å². The van der Waals surface area contributed by atoms with Crippen molar-refractivity contribution >= 4 is 6.09 Å². The van der Waals surface area contributed by atoms with Gasteiger partial charge in [0.2, 0.25) is 5.82 Å². The molecule has 92 valence electrons. The molecule has 4 nitrogen and oxygen atoms in total. The Balaban J connectivity index is 2.32. The number of hydrogen-bond acceptors (Lipinski definition) is 3. The number of rotatable bonds is 1. The highest BCUT2D eigenvalue weighted by Gasteiger charge is 2.28. The van der Waals surface area contributed by atoms with Crippen LogP contribution < -0.4 is 10.1 Å². The number of hydrogen-bond donors (Lipinski definition) is 1. The lowest BCUT2D eigenvalue weighted by molar-refractivity contribution is 0.0691. The second-order valence-corrected chi connectivity index (χ2v) is 3.56. The molecule has 1 aromatic carbocycles. The van der Waals surface area contributed by atoms with Crippen molar-refractivity contribution < 1.29 is 23.0 Å². The van der Waals surface area contributed by atoms with Crippen molar-refractivity contribution in [1.29, 1.82) is 0 Å². The van der Waals surface area contributed by atoms with Crippen LogP contribution in [0.4, 0.5) is 13.6 Å². The summed E-state index contributed by atoms with van der Waals surface area (Å²) in [5.74, 6) is -2.21. The fourth-order valence-electron chi connectivity index (χ4n) is 1.68. The third-order valence-corrected chi connectivity index (χ3v) is 2.51. The zero-order chi connectivity index (χ0) is 12.4. The van der Waals surface area contributed by atoms with Gasteiger partial charge in [-0.05, 0) is 12.1 Å². The Hall–Kier alpha value is -1.85. The van der Waals surface area contributed by atoms with E-state index in [1.165, 1.54) is 13.1 Å². The molecule has 1 atom stereocenters. The summed E-state index contributed by atoms with van der Waals surface area (Å²) in [6.45, 7) is 0.176. The van der Waals surface area contributed by atoms with E-state index in [4.69, 9.17) is 9.47 Å². The number of alkyl carbamates (subject to hydrolysis) is 1. The Kier molecular flexibility index (Phi) is 3.12. The smallest absolute Gasteiger partial charge is 0.407 e. The highest BCUT2D eigenvalue weighted by atomic mass is 19.2. The summed E-state index contributed by atoms with van der Waals surface area (Å²) in [4.78, 5) is 11.1. The molecular weight excluding hydrogens is 232 g/mol. The average Bonchev–Trinajstić information content (AvgIpc) is 2.34. The maximum atomic E-state index is 13.4. The third-order valence-electron chi connectivity index (χ3n) is 2.51. The minimum atomic E-state index is -1.05. The van der Waals surface area contributed by atoms with Gasteiger partial charge in [-0.25, -0.2) is 9.18 Å². The molecule has 17 heavy (non-hydrogen) atoms. The predicted molar refractivity (Wildman–Crippen MR) is 54.8 cm³/mol. The largest absolute Gasteiger partial charge is 0.490 e. The first-order valence-corrected chi connectivity index (χ1v) is 5.12. The molecule has 1 heterocycles. The summed E-state index contributed by atoms with van der Waals surface area (Å²) < 4.78 is 36.5. The Bertz CT molecular complexity index is 451. The molecule has 0 spiro atoms. The van der Waals surface area contributed by atoms with Crippen LogP contribution in [-0.4, -0.2) is 19.7 Å². The molecule has 0 saturated carbocycles. The minimum absolute atomic E-state index is 0.176. The molecule has 0 unspecified atom stereocenters. The molecule has 1 amide bonds. The average molecular weight is 243 g/mol. The van der Waals surface area contributed by atoms with Crippen molar-refractivity contribution in [1.82, 2.24) is 5.32 Å². The van der Waals surface area contributed by atoms with Gasteiger partial charge in [0.15, 0.2) is 11.6 Å². The molecule has 0 saturated heterocycles. The number of amides is 1. The summed E-state index contributed by atoms with van der Waals surface area (Å²) in [5, 5.41) is 2.30. The van der Waals surface area contributed by atoms with E-state index < -0.39 is 23.8 Å². The van der Waals surface area contributed by atoms with E-state index in [0.29, 0.717) is 12.0 Å². The lowest BCUT2D eigenvalue weighted by atomic mass is 10.0. The third kappa shape index (κ3) is 2.15. The van der Waals surface area contributed by atoms with Crippen LogP contribution in [0.2, 0.25) is 0 Å². The van der Waals surface area contributed by atoms with Crippen molar-refractivity contribution in [2.75, 3.05) is 13.7 Å². The van der Waals surface area contributed by atoms with Crippen LogP contribution in [0.5, 0.6) is 5.75 Å². The van der Waals surface area contributed by atoms with Gasteiger partial charge in [-0.3, -0.25) is 0 Å². The van der Waals surface area contributed by atoms with E-state index in [2.05, 4.69) is 5.32 Å². The molecule has 0 aliphatic carbocycles. The van der Waals surface area contributed by atoms with Crippen LogP contribution in [0.25, 0.3) is 0 Å². The summed E-state index contributed by atoms with van der Waals surface area (Å²) in [5.41, 5.74) is 0.346.